The van der Waals surface area contributed by atoms with Crippen LogP contribution < -0.4 is 14.4 Å². The SMILES string of the molecule is CCOc1ccc(N2C(=O)C(=O)/C(=C(\O)c3cc(OC)ccc3Cl)C2c2ccco2)cc1. The van der Waals surface area contributed by atoms with Crippen LogP contribution in [0.3, 0.4) is 0 Å². The van der Waals surface area contributed by atoms with Crippen molar-refractivity contribution in [2.24, 2.45) is 0 Å². The molecule has 1 unspecified atom stereocenters. The zero-order valence-electron chi connectivity index (χ0n) is 17.4. The van der Waals surface area contributed by atoms with Crippen LogP contribution in [0.4, 0.5) is 5.69 Å². The molecule has 3 aromatic rings. The lowest BCUT2D eigenvalue weighted by molar-refractivity contribution is -0.132. The Morgan fingerprint density at radius 1 is 1.12 bits per heavy atom. The fraction of sp³-hybridized carbons (Fsp3) is 0.167. The van der Waals surface area contributed by atoms with Crippen LogP contribution in [0.2, 0.25) is 5.02 Å². The molecular formula is C24H20ClNO6. The fourth-order valence-electron chi connectivity index (χ4n) is 3.64. The maximum Gasteiger partial charge on any atom is 0.300 e. The van der Waals surface area contributed by atoms with E-state index in [0.717, 1.165) is 0 Å². The van der Waals surface area contributed by atoms with Crippen molar-refractivity contribution < 1.29 is 28.6 Å². The van der Waals surface area contributed by atoms with Crippen molar-refractivity contribution in [3.8, 4) is 11.5 Å². The lowest BCUT2D eigenvalue weighted by atomic mass is 9.99. The predicted molar refractivity (Wildman–Crippen MR) is 119 cm³/mol. The Morgan fingerprint density at radius 2 is 1.84 bits per heavy atom. The molecule has 1 fully saturated rings. The molecule has 1 aromatic heterocycles. The predicted octanol–water partition coefficient (Wildman–Crippen LogP) is 4.97. The summed E-state index contributed by atoms with van der Waals surface area (Å²) in [6.45, 7) is 2.37. The lowest BCUT2D eigenvalue weighted by Crippen LogP contribution is -2.29. The first-order chi connectivity index (χ1) is 15.5. The topological polar surface area (TPSA) is 89.2 Å². The first-order valence-electron chi connectivity index (χ1n) is 9.87. The van der Waals surface area contributed by atoms with Crippen LogP contribution in [0.15, 0.2) is 70.9 Å². The number of hydrogen-bond acceptors (Lipinski definition) is 6. The Morgan fingerprint density at radius 3 is 2.47 bits per heavy atom. The largest absolute Gasteiger partial charge is 0.507 e. The summed E-state index contributed by atoms with van der Waals surface area (Å²) in [7, 11) is 1.47. The van der Waals surface area contributed by atoms with E-state index in [1.807, 2.05) is 6.92 Å². The van der Waals surface area contributed by atoms with Gasteiger partial charge in [-0.1, -0.05) is 11.6 Å². The summed E-state index contributed by atoms with van der Waals surface area (Å²) >= 11 is 6.29. The van der Waals surface area contributed by atoms with E-state index in [9.17, 15) is 14.7 Å². The van der Waals surface area contributed by atoms with Crippen molar-refractivity contribution in [1.29, 1.82) is 0 Å². The molecule has 0 bridgehead atoms. The van der Waals surface area contributed by atoms with Crippen LogP contribution in [0, 0.1) is 0 Å². The van der Waals surface area contributed by atoms with Crippen LogP contribution in [-0.4, -0.2) is 30.5 Å². The van der Waals surface area contributed by atoms with Gasteiger partial charge in [0.2, 0.25) is 0 Å². The van der Waals surface area contributed by atoms with E-state index in [1.54, 1.807) is 48.5 Å². The Balaban J connectivity index is 1.88. The minimum absolute atomic E-state index is 0.131. The third-order valence-corrected chi connectivity index (χ3v) is 5.44. The van der Waals surface area contributed by atoms with Gasteiger partial charge in [-0.15, -0.1) is 0 Å². The summed E-state index contributed by atoms with van der Waals surface area (Å²) in [4.78, 5) is 27.5. The number of hydrogen-bond donors (Lipinski definition) is 1. The van der Waals surface area contributed by atoms with E-state index in [4.69, 9.17) is 25.5 Å². The lowest BCUT2D eigenvalue weighted by Gasteiger charge is -2.23. The molecule has 0 saturated carbocycles. The van der Waals surface area contributed by atoms with Crippen LogP contribution in [0.5, 0.6) is 11.5 Å². The maximum absolute atomic E-state index is 13.1. The molecule has 32 heavy (non-hydrogen) atoms. The Labute approximate surface area is 189 Å². The zero-order valence-corrected chi connectivity index (χ0v) is 18.1. The molecule has 164 valence electrons. The molecule has 1 atom stereocenters. The monoisotopic (exact) mass is 453 g/mol. The second-order valence-corrected chi connectivity index (χ2v) is 7.36. The molecule has 7 nitrogen and oxygen atoms in total. The van der Waals surface area contributed by atoms with Crippen molar-refractivity contribution in [3.63, 3.8) is 0 Å². The number of anilines is 1. The number of Topliss-reactive ketones (excluding diaryl/α,β-unsaturated/α-hetero) is 1. The number of ketones is 1. The third-order valence-electron chi connectivity index (χ3n) is 5.11. The third kappa shape index (κ3) is 3.71. The minimum Gasteiger partial charge on any atom is -0.507 e. The number of carbonyl (C=O) groups excluding carboxylic acids is 2. The van der Waals surface area contributed by atoms with Gasteiger partial charge in [-0.3, -0.25) is 14.5 Å². The standard InChI is InChI=1S/C24H20ClNO6/c1-3-31-15-8-6-14(7-9-15)26-21(19-5-4-12-32-19)20(23(28)24(26)29)22(27)17-13-16(30-2)10-11-18(17)25/h4-13,21,27H,3H2,1-2H3/b22-20-. The first-order valence-corrected chi connectivity index (χ1v) is 10.2. The van der Waals surface area contributed by atoms with Gasteiger partial charge in [0.15, 0.2) is 0 Å². The fourth-order valence-corrected chi connectivity index (χ4v) is 3.85. The number of halogens is 1. The van der Waals surface area contributed by atoms with Crippen molar-refractivity contribution >= 4 is 34.7 Å². The van der Waals surface area contributed by atoms with Gasteiger partial charge in [0.05, 0.1) is 30.6 Å². The normalized spacial score (nSPS) is 17.6. The van der Waals surface area contributed by atoms with E-state index >= 15 is 0 Å². The number of rotatable bonds is 6. The highest BCUT2D eigenvalue weighted by Gasteiger charge is 2.48. The second-order valence-electron chi connectivity index (χ2n) is 6.96. The summed E-state index contributed by atoms with van der Waals surface area (Å²) in [5.41, 5.74) is 0.494. The van der Waals surface area contributed by atoms with Gasteiger partial charge in [0.25, 0.3) is 11.7 Å². The molecule has 2 aromatic carbocycles. The van der Waals surface area contributed by atoms with Crippen LogP contribution in [0.1, 0.15) is 24.3 Å². The number of methoxy groups -OCH3 is 1. The maximum atomic E-state index is 13.1. The number of furan rings is 1. The highest BCUT2D eigenvalue weighted by Crippen LogP contribution is 2.43. The molecular weight excluding hydrogens is 434 g/mol. The van der Waals surface area contributed by atoms with Gasteiger partial charge in [0, 0.05) is 11.3 Å². The molecule has 1 amide bonds. The summed E-state index contributed by atoms with van der Waals surface area (Å²) < 4.78 is 16.2. The van der Waals surface area contributed by atoms with Crippen molar-refractivity contribution in [1.82, 2.24) is 0 Å². The van der Waals surface area contributed by atoms with E-state index in [1.165, 1.54) is 24.3 Å². The molecule has 4 rings (SSSR count). The highest BCUT2D eigenvalue weighted by molar-refractivity contribution is 6.51. The first kappa shape index (κ1) is 21.5. The van der Waals surface area contributed by atoms with Crippen molar-refractivity contribution in [3.05, 3.63) is 82.8 Å². The number of nitrogens with zero attached hydrogens (tertiary/aromatic N) is 1. The second kappa shape index (κ2) is 8.80. The number of carbonyl (C=O) groups is 2. The quantitative estimate of drug-likeness (QED) is 0.322. The average molecular weight is 454 g/mol. The summed E-state index contributed by atoms with van der Waals surface area (Å²) in [6, 6.07) is 13.7. The van der Waals surface area contributed by atoms with E-state index < -0.39 is 23.5 Å². The number of aliphatic hydroxyl groups is 1. The minimum atomic E-state index is -0.981. The van der Waals surface area contributed by atoms with Crippen molar-refractivity contribution in [2.75, 3.05) is 18.6 Å². The molecule has 0 spiro atoms. The molecule has 1 aliphatic rings. The Kier molecular flexibility index (Phi) is 5.92. The molecule has 8 heteroatoms. The van der Waals surface area contributed by atoms with Gasteiger partial charge in [-0.05, 0) is 61.5 Å². The molecule has 0 aliphatic carbocycles. The van der Waals surface area contributed by atoms with E-state index in [-0.39, 0.29) is 16.2 Å². The highest BCUT2D eigenvalue weighted by atomic mass is 35.5. The van der Waals surface area contributed by atoms with E-state index in [2.05, 4.69) is 0 Å². The zero-order chi connectivity index (χ0) is 22.8. The Hall–Kier alpha value is -3.71. The molecule has 0 radical (unpaired) electrons. The smallest absolute Gasteiger partial charge is 0.300 e. The van der Waals surface area contributed by atoms with Gasteiger partial charge in [0.1, 0.15) is 29.1 Å². The number of ether oxygens (including phenoxy) is 2. The number of aliphatic hydroxyl groups excluding tert-OH is 1. The van der Waals surface area contributed by atoms with Gasteiger partial charge in [-0.2, -0.15) is 0 Å². The van der Waals surface area contributed by atoms with Crippen molar-refractivity contribution in [2.45, 2.75) is 13.0 Å². The number of amides is 1. The summed E-state index contributed by atoms with van der Waals surface area (Å²) in [5, 5.41) is 11.3. The van der Waals surface area contributed by atoms with Crippen LogP contribution >= 0.6 is 11.6 Å². The average Bonchev–Trinajstić information content (AvgIpc) is 3.42. The molecule has 1 aliphatic heterocycles. The molecule has 2 heterocycles. The summed E-state index contributed by atoms with van der Waals surface area (Å²) in [6.07, 6.45) is 1.44. The molecule has 1 saturated heterocycles. The number of benzene rings is 2. The van der Waals surface area contributed by atoms with Gasteiger partial charge in [-0.25, -0.2) is 0 Å². The Bertz CT molecular complexity index is 1180. The molecule has 1 N–H and O–H groups in total. The van der Waals surface area contributed by atoms with Gasteiger partial charge < -0.3 is 19.0 Å². The summed E-state index contributed by atoms with van der Waals surface area (Å²) in [5.74, 6) is -0.676. The van der Waals surface area contributed by atoms with E-state index in [0.29, 0.717) is 29.6 Å². The van der Waals surface area contributed by atoms with Crippen LogP contribution in [-0.2, 0) is 9.59 Å². The van der Waals surface area contributed by atoms with Gasteiger partial charge >= 0.3 is 0 Å². The van der Waals surface area contributed by atoms with Crippen LogP contribution in [0.25, 0.3) is 5.76 Å².